The maximum atomic E-state index is 13.2. The minimum absolute atomic E-state index is 0.174. The Balaban J connectivity index is 2.22. The van der Waals surface area contributed by atoms with E-state index in [4.69, 9.17) is 0 Å². The van der Waals surface area contributed by atoms with Crippen molar-refractivity contribution < 1.29 is 17.6 Å². The quantitative estimate of drug-likeness (QED) is 0.884. The van der Waals surface area contributed by atoms with Gasteiger partial charge in [0.05, 0.1) is 10.6 Å². The number of anilines is 2. The molecule has 0 aromatic heterocycles. The fourth-order valence-corrected chi connectivity index (χ4v) is 2.91. The van der Waals surface area contributed by atoms with E-state index in [-0.39, 0.29) is 16.5 Å². The van der Waals surface area contributed by atoms with Crippen LogP contribution in [-0.2, 0) is 14.8 Å². The van der Waals surface area contributed by atoms with Crippen LogP contribution in [-0.4, -0.2) is 14.3 Å². The maximum Gasteiger partial charge on any atom is 0.261 e. The lowest BCUT2D eigenvalue weighted by atomic mass is 9.95. The van der Waals surface area contributed by atoms with Gasteiger partial charge in [0.1, 0.15) is 5.82 Å². The summed E-state index contributed by atoms with van der Waals surface area (Å²) in [6.07, 6.45) is 0. The first-order chi connectivity index (χ1) is 11.1. The molecule has 0 unspecified atom stereocenters. The summed E-state index contributed by atoms with van der Waals surface area (Å²) >= 11 is 0. The van der Waals surface area contributed by atoms with Crippen LogP contribution < -0.4 is 10.0 Å². The maximum absolute atomic E-state index is 13.2. The van der Waals surface area contributed by atoms with Crippen LogP contribution in [0.15, 0.2) is 53.4 Å². The molecule has 2 aromatic rings. The Bertz CT molecular complexity index is 858. The average molecular weight is 350 g/mol. The SMILES string of the molecule is CC(C)(C)C(=O)Nc1cccc(NS(=O)(=O)c2cccc(F)c2)c1. The molecular weight excluding hydrogens is 331 g/mol. The zero-order valence-corrected chi connectivity index (χ0v) is 14.4. The highest BCUT2D eigenvalue weighted by Gasteiger charge is 2.21. The summed E-state index contributed by atoms with van der Waals surface area (Å²) in [6, 6.07) is 11.0. The molecule has 0 radical (unpaired) electrons. The second-order valence-electron chi connectivity index (χ2n) is 6.35. The highest BCUT2D eigenvalue weighted by Crippen LogP contribution is 2.22. The molecule has 0 saturated heterocycles. The van der Waals surface area contributed by atoms with Crippen LogP contribution in [0.25, 0.3) is 0 Å². The molecule has 7 heteroatoms. The van der Waals surface area contributed by atoms with Crippen LogP contribution >= 0.6 is 0 Å². The number of carbonyl (C=O) groups is 1. The number of hydrogen-bond acceptors (Lipinski definition) is 3. The normalized spacial score (nSPS) is 11.8. The lowest BCUT2D eigenvalue weighted by Crippen LogP contribution is -2.27. The monoisotopic (exact) mass is 350 g/mol. The van der Waals surface area contributed by atoms with Gasteiger partial charge < -0.3 is 5.32 Å². The Kier molecular flexibility index (Phi) is 4.94. The van der Waals surface area contributed by atoms with Crippen molar-refractivity contribution in [1.82, 2.24) is 0 Å². The molecule has 0 spiro atoms. The van der Waals surface area contributed by atoms with Gasteiger partial charge in [-0.15, -0.1) is 0 Å². The van der Waals surface area contributed by atoms with E-state index >= 15 is 0 Å². The molecule has 0 fully saturated rings. The highest BCUT2D eigenvalue weighted by atomic mass is 32.2. The van der Waals surface area contributed by atoms with E-state index in [0.29, 0.717) is 5.69 Å². The van der Waals surface area contributed by atoms with Crippen molar-refractivity contribution >= 4 is 27.3 Å². The molecule has 5 nitrogen and oxygen atoms in total. The molecule has 2 aromatic carbocycles. The van der Waals surface area contributed by atoms with Crippen molar-refractivity contribution in [3.8, 4) is 0 Å². The van der Waals surface area contributed by atoms with E-state index in [1.165, 1.54) is 24.3 Å². The van der Waals surface area contributed by atoms with E-state index in [1.807, 2.05) is 0 Å². The first-order valence-electron chi connectivity index (χ1n) is 7.28. The number of sulfonamides is 1. The number of hydrogen-bond donors (Lipinski definition) is 2. The molecule has 1 amide bonds. The van der Waals surface area contributed by atoms with Crippen LogP contribution in [0.2, 0.25) is 0 Å². The minimum Gasteiger partial charge on any atom is -0.326 e. The predicted molar refractivity (Wildman–Crippen MR) is 91.7 cm³/mol. The summed E-state index contributed by atoms with van der Waals surface area (Å²) in [5.74, 6) is -0.822. The molecule has 24 heavy (non-hydrogen) atoms. The van der Waals surface area contributed by atoms with Gasteiger partial charge in [-0.3, -0.25) is 9.52 Å². The van der Waals surface area contributed by atoms with Crippen molar-refractivity contribution in [2.24, 2.45) is 5.41 Å². The van der Waals surface area contributed by atoms with E-state index in [9.17, 15) is 17.6 Å². The first-order valence-corrected chi connectivity index (χ1v) is 8.76. The molecular formula is C17H19FN2O3S. The third kappa shape index (κ3) is 4.55. The lowest BCUT2D eigenvalue weighted by molar-refractivity contribution is -0.123. The second kappa shape index (κ2) is 6.60. The summed E-state index contributed by atoms with van der Waals surface area (Å²) in [7, 11) is -3.91. The number of carbonyl (C=O) groups excluding carboxylic acids is 1. The van der Waals surface area contributed by atoms with Crippen LogP contribution in [0, 0.1) is 11.2 Å². The lowest BCUT2D eigenvalue weighted by Gasteiger charge is -2.18. The van der Waals surface area contributed by atoms with E-state index in [2.05, 4.69) is 10.0 Å². The number of benzene rings is 2. The molecule has 2 N–H and O–H groups in total. The van der Waals surface area contributed by atoms with Gasteiger partial charge in [-0.2, -0.15) is 0 Å². The van der Waals surface area contributed by atoms with Crippen molar-refractivity contribution in [2.75, 3.05) is 10.0 Å². The molecule has 128 valence electrons. The predicted octanol–water partition coefficient (Wildman–Crippen LogP) is 3.61. The van der Waals surface area contributed by atoms with Crippen LogP contribution in [0.4, 0.5) is 15.8 Å². The molecule has 0 saturated carbocycles. The van der Waals surface area contributed by atoms with Gasteiger partial charge in [0, 0.05) is 11.1 Å². The van der Waals surface area contributed by atoms with Gasteiger partial charge in [0.25, 0.3) is 10.0 Å². The number of rotatable bonds is 4. The van der Waals surface area contributed by atoms with Gasteiger partial charge in [-0.25, -0.2) is 12.8 Å². The van der Waals surface area contributed by atoms with Gasteiger partial charge in [-0.1, -0.05) is 32.9 Å². The summed E-state index contributed by atoms with van der Waals surface area (Å²) in [5, 5.41) is 2.72. The third-order valence-corrected chi connectivity index (χ3v) is 4.54. The minimum atomic E-state index is -3.91. The highest BCUT2D eigenvalue weighted by molar-refractivity contribution is 7.92. The Morgan fingerprint density at radius 3 is 2.25 bits per heavy atom. The van der Waals surface area contributed by atoms with Crippen molar-refractivity contribution in [2.45, 2.75) is 25.7 Å². The summed E-state index contributed by atoms with van der Waals surface area (Å²) < 4.78 is 40.1. The molecule has 0 bridgehead atoms. The first kappa shape index (κ1) is 17.9. The Hall–Kier alpha value is -2.41. The smallest absolute Gasteiger partial charge is 0.261 e. The van der Waals surface area contributed by atoms with Crippen LogP contribution in [0.1, 0.15) is 20.8 Å². The van der Waals surface area contributed by atoms with E-state index in [0.717, 1.165) is 6.07 Å². The Labute approximate surface area is 141 Å². The zero-order chi connectivity index (χ0) is 18.0. The standard InChI is InChI=1S/C17H19FN2O3S/c1-17(2,3)16(21)19-13-7-5-8-14(11-13)20-24(22,23)15-9-4-6-12(18)10-15/h4-11,20H,1-3H3,(H,19,21). The van der Waals surface area contributed by atoms with E-state index in [1.54, 1.807) is 39.0 Å². The van der Waals surface area contributed by atoms with Gasteiger partial charge in [-0.05, 0) is 36.4 Å². The number of amides is 1. The zero-order valence-electron chi connectivity index (χ0n) is 13.6. The second-order valence-corrected chi connectivity index (χ2v) is 8.03. The summed E-state index contributed by atoms with van der Waals surface area (Å²) in [5.41, 5.74) is 0.164. The van der Waals surface area contributed by atoms with Gasteiger partial charge >= 0.3 is 0 Å². The van der Waals surface area contributed by atoms with Crippen molar-refractivity contribution in [3.05, 3.63) is 54.3 Å². The van der Waals surface area contributed by atoms with Gasteiger partial charge in [0.2, 0.25) is 5.91 Å². The van der Waals surface area contributed by atoms with Crippen molar-refractivity contribution in [1.29, 1.82) is 0 Å². The Morgan fingerprint density at radius 2 is 1.62 bits per heavy atom. The topological polar surface area (TPSA) is 75.3 Å². The molecule has 0 atom stereocenters. The molecule has 0 heterocycles. The Morgan fingerprint density at radius 1 is 1.00 bits per heavy atom. The summed E-state index contributed by atoms with van der Waals surface area (Å²) in [6.45, 7) is 5.33. The fraction of sp³-hybridized carbons (Fsp3) is 0.235. The van der Waals surface area contributed by atoms with E-state index < -0.39 is 21.3 Å². The van der Waals surface area contributed by atoms with Crippen LogP contribution in [0.5, 0.6) is 0 Å². The molecule has 0 aliphatic carbocycles. The largest absolute Gasteiger partial charge is 0.326 e. The number of nitrogens with one attached hydrogen (secondary N) is 2. The third-order valence-electron chi connectivity index (χ3n) is 3.16. The van der Waals surface area contributed by atoms with Gasteiger partial charge in [0.15, 0.2) is 0 Å². The fourth-order valence-electron chi connectivity index (χ4n) is 1.83. The molecule has 2 rings (SSSR count). The number of halogens is 1. The van der Waals surface area contributed by atoms with Crippen LogP contribution in [0.3, 0.4) is 0 Å². The van der Waals surface area contributed by atoms with Crippen molar-refractivity contribution in [3.63, 3.8) is 0 Å². The molecule has 0 aliphatic rings. The average Bonchev–Trinajstić information content (AvgIpc) is 2.46. The summed E-state index contributed by atoms with van der Waals surface area (Å²) in [4.78, 5) is 11.8. The molecule has 0 aliphatic heterocycles.